The van der Waals surface area contributed by atoms with Crippen LogP contribution in [0.4, 0.5) is 0 Å². The Labute approximate surface area is 115 Å². The fraction of sp³-hybridized carbons (Fsp3) is 0.353. The fourth-order valence-electron chi connectivity index (χ4n) is 2.29. The SMILES string of the molecule is CC(C)c1ccc(C(CN)Cc2cccnc2)cc1. The number of pyridine rings is 1. The molecule has 2 N–H and O–H groups in total. The molecule has 0 aliphatic rings. The summed E-state index contributed by atoms with van der Waals surface area (Å²) in [5.41, 5.74) is 9.86. The zero-order valence-electron chi connectivity index (χ0n) is 11.7. The minimum absolute atomic E-state index is 0.366. The van der Waals surface area contributed by atoms with Gasteiger partial charge < -0.3 is 5.73 Å². The van der Waals surface area contributed by atoms with Crippen LogP contribution in [0.5, 0.6) is 0 Å². The molecule has 1 unspecified atom stereocenters. The van der Waals surface area contributed by atoms with Crippen molar-refractivity contribution in [1.29, 1.82) is 0 Å². The maximum atomic E-state index is 5.93. The normalized spacial score (nSPS) is 12.6. The minimum atomic E-state index is 0.366. The summed E-state index contributed by atoms with van der Waals surface area (Å²) in [5.74, 6) is 0.939. The van der Waals surface area contributed by atoms with Gasteiger partial charge in [-0.15, -0.1) is 0 Å². The molecule has 0 aliphatic carbocycles. The largest absolute Gasteiger partial charge is 0.330 e. The van der Waals surface area contributed by atoms with Crippen LogP contribution in [0.3, 0.4) is 0 Å². The van der Waals surface area contributed by atoms with E-state index in [0.29, 0.717) is 18.4 Å². The molecule has 0 fully saturated rings. The van der Waals surface area contributed by atoms with Crippen molar-refractivity contribution >= 4 is 0 Å². The molecule has 0 radical (unpaired) electrons. The lowest BCUT2D eigenvalue weighted by molar-refractivity contribution is 0.691. The summed E-state index contributed by atoms with van der Waals surface area (Å²) in [4.78, 5) is 4.16. The van der Waals surface area contributed by atoms with Crippen molar-refractivity contribution in [3.05, 3.63) is 65.5 Å². The third-order valence-electron chi connectivity index (χ3n) is 3.56. The molecule has 0 spiro atoms. The summed E-state index contributed by atoms with van der Waals surface area (Å²) in [6.07, 6.45) is 4.68. The lowest BCUT2D eigenvalue weighted by Crippen LogP contribution is -2.15. The van der Waals surface area contributed by atoms with Gasteiger partial charge in [-0.05, 0) is 41.6 Å². The Balaban J connectivity index is 2.13. The fourth-order valence-corrected chi connectivity index (χ4v) is 2.29. The summed E-state index contributed by atoms with van der Waals surface area (Å²) in [6, 6.07) is 12.9. The van der Waals surface area contributed by atoms with Gasteiger partial charge in [0.1, 0.15) is 0 Å². The first-order chi connectivity index (χ1) is 9.20. The molecular weight excluding hydrogens is 232 g/mol. The zero-order valence-corrected chi connectivity index (χ0v) is 11.7. The van der Waals surface area contributed by atoms with Crippen LogP contribution in [-0.2, 0) is 6.42 Å². The summed E-state index contributed by atoms with van der Waals surface area (Å²) in [5, 5.41) is 0. The monoisotopic (exact) mass is 254 g/mol. The quantitative estimate of drug-likeness (QED) is 0.887. The van der Waals surface area contributed by atoms with E-state index >= 15 is 0 Å². The maximum absolute atomic E-state index is 5.93. The molecule has 0 bridgehead atoms. The summed E-state index contributed by atoms with van der Waals surface area (Å²) in [6.45, 7) is 5.09. The summed E-state index contributed by atoms with van der Waals surface area (Å²) in [7, 11) is 0. The van der Waals surface area contributed by atoms with Gasteiger partial charge in [0.25, 0.3) is 0 Å². The van der Waals surface area contributed by atoms with E-state index in [4.69, 9.17) is 5.73 Å². The van der Waals surface area contributed by atoms with Gasteiger partial charge in [0, 0.05) is 18.3 Å². The summed E-state index contributed by atoms with van der Waals surface area (Å²) >= 11 is 0. The maximum Gasteiger partial charge on any atom is 0.0300 e. The van der Waals surface area contributed by atoms with Crippen molar-refractivity contribution in [2.45, 2.75) is 32.1 Å². The Morgan fingerprint density at radius 1 is 1.05 bits per heavy atom. The van der Waals surface area contributed by atoms with E-state index in [1.807, 2.05) is 12.3 Å². The van der Waals surface area contributed by atoms with E-state index < -0.39 is 0 Å². The van der Waals surface area contributed by atoms with Gasteiger partial charge in [-0.2, -0.15) is 0 Å². The molecule has 2 heteroatoms. The summed E-state index contributed by atoms with van der Waals surface area (Å²) < 4.78 is 0. The number of nitrogens with zero attached hydrogens (tertiary/aromatic N) is 1. The van der Waals surface area contributed by atoms with Crippen molar-refractivity contribution in [1.82, 2.24) is 4.98 Å². The second kappa shape index (κ2) is 6.48. The van der Waals surface area contributed by atoms with E-state index in [2.05, 4.69) is 49.2 Å². The van der Waals surface area contributed by atoms with Crippen LogP contribution in [0.2, 0.25) is 0 Å². The molecule has 19 heavy (non-hydrogen) atoms. The molecule has 1 atom stereocenters. The van der Waals surface area contributed by atoms with Gasteiger partial charge in [-0.3, -0.25) is 4.98 Å². The number of nitrogens with two attached hydrogens (primary N) is 1. The number of benzene rings is 1. The Morgan fingerprint density at radius 3 is 2.26 bits per heavy atom. The zero-order chi connectivity index (χ0) is 13.7. The molecule has 1 heterocycles. The van der Waals surface area contributed by atoms with Crippen LogP contribution in [0.1, 0.15) is 42.4 Å². The first-order valence-corrected chi connectivity index (χ1v) is 6.89. The molecule has 0 saturated heterocycles. The highest BCUT2D eigenvalue weighted by atomic mass is 14.6. The Bertz CT molecular complexity index is 488. The molecule has 1 aromatic heterocycles. The second-order valence-electron chi connectivity index (χ2n) is 5.32. The second-order valence-corrected chi connectivity index (χ2v) is 5.32. The van der Waals surface area contributed by atoms with Gasteiger partial charge in [0.2, 0.25) is 0 Å². The van der Waals surface area contributed by atoms with Crippen LogP contribution < -0.4 is 5.73 Å². The third-order valence-corrected chi connectivity index (χ3v) is 3.56. The predicted molar refractivity (Wildman–Crippen MR) is 80.3 cm³/mol. The number of aromatic nitrogens is 1. The average molecular weight is 254 g/mol. The molecule has 0 aliphatic heterocycles. The van der Waals surface area contributed by atoms with Gasteiger partial charge in [0.15, 0.2) is 0 Å². The van der Waals surface area contributed by atoms with E-state index in [1.165, 1.54) is 16.7 Å². The molecule has 2 aromatic rings. The van der Waals surface area contributed by atoms with E-state index in [-0.39, 0.29) is 0 Å². The van der Waals surface area contributed by atoms with E-state index in [9.17, 15) is 0 Å². The van der Waals surface area contributed by atoms with Crippen LogP contribution in [0, 0.1) is 0 Å². The lowest BCUT2D eigenvalue weighted by atomic mass is 9.91. The topological polar surface area (TPSA) is 38.9 Å². The Morgan fingerprint density at radius 2 is 1.74 bits per heavy atom. The average Bonchev–Trinajstić information content (AvgIpc) is 2.46. The van der Waals surface area contributed by atoms with Crippen LogP contribution >= 0.6 is 0 Å². The van der Waals surface area contributed by atoms with Crippen molar-refractivity contribution in [3.63, 3.8) is 0 Å². The van der Waals surface area contributed by atoms with Crippen molar-refractivity contribution in [3.8, 4) is 0 Å². The Kier molecular flexibility index (Phi) is 4.69. The number of rotatable bonds is 5. The third kappa shape index (κ3) is 3.65. The highest BCUT2D eigenvalue weighted by Crippen LogP contribution is 2.22. The minimum Gasteiger partial charge on any atom is -0.330 e. The molecule has 2 rings (SSSR count). The van der Waals surface area contributed by atoms with Crippen molar-refractivity contribution < 1.29 is 0 Å². The smallest absolute Gasteiger partial charge is 0.0300 e. The van der Waals surface area contributed by atoms with Gasteiger partial charge in [-0.1, -0.05) is 44.2 Å². The molecular formula is C17H22N2. The first kappa shape index (κ1) is 13.8. The number of hydrogen-bond acceptors (Lipinski definition) is 2. The van der Waals surface area contributed by atoms with E-state index in [0.717, 1.165) is 6.42 Å². The Hall–Kier alpha value is -1.67. The lowest BCUT2D eigenvalue weighted by Gasteiger charge is -2.16. The standard InChI is InChI=1S/C17H22N2/c1-13(2)15-5-7-16(8-6-15)17(11-18)10-14-4-3-9-19-12-14/h3-9,12-13,17H,10-11,18H2,1-2H3. The van der Waals surface area contributed by atoms with Gasteiger partial charge in [-0.25, -0.2) is 0 Å². The molecule has 0 saturated carbocycles. The molecule has 100 valence electrons. The van der Waals surface area contributed by atoms with Crippen LogP contribution in [0.15, 0.2) is 48.8 Å². The molecule has 2 nitrogen and oxygen atoms in total. The van der Waals surface area contributed by atoms with E-state index in [1.54, 1.807) is 6.20 Å². The van der Waals surface area contributed by atoms with Crippen molar-refractivity contribution in [2.24, 2.45) is 5.73 Å². The van der Waals surface area contributed by atoms with Gasteiger partial charge >= 0.3 is 0 Å². The van der Waals surface area contributed by atoms with Crippen LogP contribution in [-0.4, -0.2) is 11.5 Å². The molecule has 1 aromatic carbocycles. The predicted octanol–water partition coefficient (Wildman–Crippen LogP) is 3.49. The number of hydrogen-bond donors (Lipinski definition) is 1. The highest BCUT2D eigenvalue weighted by molar-refractivity contribution is 5.28. The van der Waals surface area contributed by atoms with Crippen LogP contribution in [0.25, 0.3) is 0 Å². The molecule has 0 amide bonds. The van der Waals surface area contributed by atoms with Gasteiger partial charge in [0.05, 0.1) is 0 Å². The van der Waals surface area contributed by atoms with Crippen molar-refractivity contribution in [2.75, 3.05) is 6.54 Å². The first-order valence-electron chi connectivity index (χ1n) is 6.89. The highest BCUT2D eigenvalue weighted by Gasteiger charge is 2.11.